The molecule has 0 amide bonds. The summed E-state index contributed by atoms with van der Waals surface area (Å²) >= 11 is 0. The summed E-state index contributed by atoms with van der Waals surface area (Å²) in [5, 5.41) is 0. The lowest BCUT2D eigenvalue weighted by atomic mass is 9.79. The molecule has 3 saturated heterocycles. The number of hydrogen-bond acceptors (Lipinski definition) is 12. The molecule has 7 rings (SSSR count). The number of rotatable bonds is 3. The molecular weight excluding hydrogens is 945 g/mol. The maximum Gasteiger partial charge on any atom is 0.495 e. The molecule has 0 N–H and O–H groups in total. The van der Waals surface area contributed by atoms with Crippen LogP contribution in [0.5, 0.6) is 34.5 Å². The largest absolute Gasteiger partial charge is 0.495 e. The van der Waals surface area contributed by atoms with E-state index >= 15 is 0 Å². The van der Waals surface area contributed by atoms with Crippen molar-refractivity contribution in [1.82, 2.24) is 0 Å². The Morgan fingerprint density at radius 2 is 0.413 bits per heavy atom. The number of ether oxygens (including phenoxy) is 6. The van der Waals surface area contributed by atoms with E-state index in [-0.39, 0.29) is 0 Å². The fraction of sp³-hybridized carbons (Fsp3) is 0.600. The fourth-order valence-electron chi connectivity index (χ4n) is 8.68. The summed E-state index contributed by atoms with van der Waals surface area (Å²) in [6, 6.07) is 18.0. The van der Waals surface area contributed by atoms with E-state index in [0.29, 0.717) is 39.6 Å². The second-order valence-electron chi connectivity index (χ2n) is 23.3. The summed E-state index contributed by atoms with van der Waals surface area (Å²) < 4.78 is 76.6. The molecule has 6 bridgehead atoms. The van der Waals surface area contributed by atoms with Gasteiger partial charge in [-0.1, -0.05) is 36.5 Å². The predicted molar refractivity (Wildman–Crippen MR) is 302 cm³/mol. The number of fused-ring (bicyclic) bond motifs is 6. The van der Waals surface area contributed by atoms with E-state index in [1.165, 1.54) is 0 Å². The quantitative estimate of drug-likeness (QED) is 0.184. The molecule has 3 aromatic rings. The summed E-state index contributed by atoms with van der Waals surface area (Å²) in [5.74, 6) is 4.43. The molecule has 0 aromatic heterocycles. The Bertz CT molecular complexity index is 1990. The van der Waals surface area contributed by atoms with E-state index in [2.05, 4.69) is 120 Å². The van der Waals surface area contributed by atoms with Crippen LogP contribution >= 0.6 is 0 Å². The predicted octanol–water partition coefficient (Wildman–Crippen LogP) is 11.6. The Hall–Kier alpha value is -4.37. The second kappa shape index (κ2) is 25.9. The van der Waals surface area contributed by atoms with Crippen molar-refractivity contribution in [3.8, 4) is 34.5 Å². The van der Waals surface area contributed by atoms with E-state index in [4.69, 9.17) is 56.3 Å². The maximum absolute atomic E-state index is 6.43. The van der Waals surface area contributed by atoms with E-state index in [9.17, 15) is 0 Å². The smallest absolute Gasteiger partial charge is 0.493 e. The molecule has 75 heavy (non-hydrogen) atoms. The lowest BCUT2D eigenvalue weighted by Crippen LogP contribution is -2.41. The molecule has 4 aliphatic rings. The molecule has 0 unspecified atom stereocenters. The zero-order chi connectivity index (χ0) is 53.7. The number of benzene rings is 3. The van der Waals surface area contributed by atoms with Gasteiger partial charge in [-0.05, 0) is 213 Å². The van der Waals surface area contributed by atoms with Gasteiger partial charge in [0.05, 0.1) is 73.2 Å². The van der Waals surface area contributed by atoms with Gasteiger partial charge < -0.3 is 56.3 Å². The van der Waals surface area contributed by atoms with E-state index < -0.39 is 55.0 Å². The summed E-state index contributed by atoms with van der Waals surface area (Å²) in [6.07, 6.45) is 24.0. The minimum Gasteiger partial charge on any atom is -0.493 e. The summed E-state index contributed by atoms with van der Waals surface area (Å²) in [7, 11) is -1.58. The van der Waals surface area contributed by atoms with Gasteiger partial charge in [-0.25, -0.2) is 0 Å². The molecule has 0 saturated carbocycles. The van der Waals surface area contributed by atoms with Crippen molar-refractivity contribution in [3.63, 3.8) is 0 Å². The second-order valence-corrected chi connectivity index (χ2v) is 23.3. The van der Waals surface area contributed by atoms with Gasteiger partial charge in [-0.2, -0.15) is 0 Å². The van der Waals surface area contributed by atoms with Gasteiger partial charge in [0.25, 0.3) is 0 Å². The highest BCUT2D eigenvalue weighted by atomic mass is 16.7. The van der Waals surface area contributed by atoms with Crippen molar-refractivity contribution in [1.29, 1.82) is 0 Å². The van der Waals surface area contributed by atoms with Crippen LogP contribution in [0, 0.1) is 0 Å². The molecule has 4 aliphatic heterocycles. The zero-order valence-electron chi connectivity index (χ0n) is 47.5. The van der Waals surface area contributed by atoms with Crippen molar-refractivity contribution in [2.75, 3.05) is 39.6 Å². The third-order valence-electron chi connectivity index (χ3n) is 15.5. The first-order valence-corrected chi connectivity index (χ1v) is 27.9. The maximum atomic E-state index is 6.43. The third-order valence-corrected chi connectivity index (χ3v) is 15.5. The molecule has 408 valence electrons. The first-order chi connectivity index (χ1) is 35.6. The van der Waals surface area contributed by atoms with Gasteiger partial charge in [0, 0.05) is 18.2 Å². The fourth-order valence-corrected chi connectivity index (χ4v) is 8.68. The van der Waals surface area contributed by atoms with Crippen molar-refractivity contribution < 1.29 is 56.3 Å². The molecule has 4 heterocycles. The normalized spacial score (nSPS) is 24.2. The topological polar surface area (TPSA) is 111 Å². The van der Waals surface area contributed by atoms with Crippen molar-refractivity contribution in [3.05, 3.63) is 91.1 Å². The summed E-state index contributed by atoms with van der Waals surface area (Å²) in [5.41, 5.74) is -0.159. The lowest BCUT2D eigenvalue weighted by Gasteiger charge is -2.32. The molecular formula is C60H87B3O12. The molecule has 0 radical (unpaired) electrons. The van der Waals surface area contributed by atoms with Crippen molar-refractivity contribution >= 4 is 37.7 Å². The highest BCUT2D eigenvalue weighted by Gasteiger charge is 2.54. The van der Waals surface area contributed by atoms with Gasteiger partial charge in [0.15, 0.2) is 0 Å². The average Bonchev–Trinajstić information content (AvgIpc) is 3.82. The van der Waals surface area contributed by atoms with Gasteiger partial charge in [-0.15, -0.1) is 0 Å². The Morgan fingerprint density at radius 1 is 0.253 bits per heavy atom. The van der Waals surface area contributed by atoms with E-state index in [1.807, 2.05) is 54.6 Å². The van der Waals surface area contributed by atoms with E-state index in [0.717, 1.165) is 128 Å². The Labute approximate surface area is 451 Å². The van der Waals surface area contributed by atoms with Gasteiger partial charge >= 0.3 is 21.4 Å². The van der Waals surface area contributed by atoms with Crippen LogP contribution in [0.2, 0.25) is 0 Å². The molecule has 3 fully saturated rings. The molecule has 15 heteroatoms. The molecule has 0 atom stereocenters. The van der Waals surface area contributed by atoms with Crippen LogP contribution in [0.15, 0.2) is 91.1 Å². The Kier molecular flexibility index (Phi) is 20.1. The first kappa shape index (κ1) is 58.3. The summed E-state index contributed by atoms with van der Waals surface area (Å²) in [6.45, 7) is 28.2. The van der Waals surface area contributed by atoms with Crippen LogP contribution in [0.3, 0.4) is 0 Å². The number of allylic oxidation sites excluding steroid dienone is 6. The Morgan fingerprint density at radius 3 is 0.573 bits per heavy atom. The van der Waals surface area contributed by atoms with Gasteiger partial charge in [0.1, 0.15) is 34.5 Å². The van der Waals surface area contributed by atoms with Crippen molar-refractivity contribution in [2.24, 2.45) is 0 Å². The zero-order valence-corrected chi connectivity index (χ0v) is 47.5. The molecule has 0 aliphatic carbocycles. The minimum atomic E-state index is -0.528. The van der Waals surface area contributed by atoms with Gasteiger partial charge in [0.2, 0.25) is 0 Å². The van der Waals surface area contributed by atoms with Crippen LogP contribution in [0.4, 0.5) is 0 Å². The molecule has 3 aromatic carbocycles. The standard InChI is InChI=1S/C60H87B3O12/c1-55(2)56(3,4)71-61(70-55)46-37-49-43-50(38-46)65-32-26-20-14-16-22-28-34-67-52-40-48(63-74-59(9,10)60(11,12)75-63)42-54(45-52)69-36-30-24-18-17-23-29-35-68-53-41-47(62-72-57(5,6)58(7,8)73-62)39-51(44-53)66-33-27-21-15-13-19-25-31-64-49/h13-18,37-45H,19-36H2,1-12H3/b15-13-,16-14-,18-17-. The van der Waals surface area contributed by atoms with Crippen LogP contribution in [0.1, 0.15) is 160 Å². The van der Waals surface area contributed by atoms with Crippen LogP contribution in [0.25, 0.3) is 0 Å². The number of hydrogen-bond donors (Lipinski definition) is 0. The summed E-state index contributed by atoms with van der Waals surface area (Å²) in [4.78, 5) is 0. The minimum absolute atomic E-state index is 0.467. The lowest BCUT2D eigenvalue weighted by molar-refractivity contribution is 0.00578. The van der Waals surface area contributed by atoms with Crippen LogP contribution in [-0.4, -0.2) is 94.6 Å². The average molecular weight is 1030 g/mol. The van der Waals surface area contributed by atoms with Crippen LogP contribution < -0.4 is 44.8 Å². The van der Waals surface area contributed by atoms with Crippen LogP contribution in [-0.2, 0) is 27.9 Å². The van der Waals surface area contributed by atoms with Gasteiger partial charge in [-0.3, -0.25) is 0 Å². The van der Waals surface area contributed by atoms with E-state index in [1.54, 1.807) is 0 Å². The SMILES string of the molecule is CC1(C)OB(c2cc3cc(c2)OCCC/C=C\CCCOc2cc(cc(B4OC(C)(C)C(C)(C)O4)c2)OCCC/C=C\CCCOc2cc(cc(B4OC(C)(C)C(C)(C)O4)c2)OCCC/C=C\CCCO3)OC1(C)C. The molecule has 12 nitrogen and oxygen atoms in total. The third kappa shape index (κ3) is 16.3. The first-order valence-electron chi connectivity index (χ1n) is 27.9. The monoisotopic (exact) mass is 1030 g/mol. The highest BCUT2D eigenvalue weighted by Crippen LogP contribution is 2.40. The molecule has 0 spiro atoms. The van der Waals surface area contributed by atoms with Crippen molar-refractivity contribution in [2.45, 2.75) is 194 Å². The highest BCUT2D eigenvalue weighted by molar-refractivity contribution is 6.63. The Balaban J connectivity index is 1.00.